The van der Waals surface area contributed by atoms with Crippen LogP contribution in [0.25, 0.3) is 0 Å². The average molecular weight is 307 g/mol. The van der Waals surface area contributed by atoms with Crippen molar-refractivity contribution in [2.45, 2.75) is 57.8 Å². The molecule has 1 aromatic rings. The minimum atomic E-state index is -0.0590. The van der Waals surface area contributed by atoms with Crippen molar-refractivity contribution in [3.05, 3.63) is 34.9 Å². The van der Waals surface area contributed by atoms with E-state index in [0.29, 0.717) is 12.0 Å². The molecule has 1 aliphatic heterocycles. The number of carbonyl (C=O) groups is 1. The molecule has 4 heteroatoms. The van der Waals surface area contributed by atoms with Gasteiger partial charge in [-0.15, -0.1) is 0 Å². The summed E-state index contributed by atoms with van der Waals surface area (Å²) in [6.45, 7) is 4.29. The Morgan fingerprint density at radius 3 is 2.52 bits per heavy atom. The van der Waals surface area contributed by atoms with Crippen molar-refractivity contribution >= 4 is 17.5 Å². The number of hydrogen-bond acceptors (Lipinski definition) is 2. The van der Waals surface area contributed by atoms with Gasteiger partial charge in [0.1, 0.15) is 6.17 Å². The predicted octanol–water partition coefficient (Wildman–Crippen LogP) is 3.74. The van der Waals surface area contributed by atoms with Crippen LogP contribution in [0.3, 0.4) is 0 Å². The Labute approximate surface area is 131 Å². The highest BCUT2D eigenvalue weighted by molar-refractivity contribution is 6.30. The van der Waals surface area contributed by atoms with E-state index in [2.05, 4.69) is 24.1 Å². The molecule has 1 heterocycles. The Kier molecular flexibility index (Phi) is 4.23. The second-order valence-electron chi connectivity index (χ2n) is 6.31. The molecule has 1 saturated heterocycles. The van der Waals surface area contributed by atoms with Gasteiger partial charge in [-0.05, 0) is 42.9 Å². The zero-order chi connectivity index (χ0) is 15.0. The molecule has 0 aromatic heterocycles. The fourth-order valence-electron chi connectivity index (χ4n) is 3.21. The normalized spacial score (nSPS) is 27.8. The van der Waals surface area contributed by atoms with Crippen LogP contribution in [-0.4, -0.2) is 22.9 Å². The molecule has 3 rings (SSSR count). The van der Waals surface area contributed by atoms with Crippen LogP contribution < -0.4 is 5.32 Å². The highest BCUT2D eigenvalue weighted by Crippen LogP contribution is 2.37. The predicted molar refractivity (Wildman–Crippen MR) is 85.1 cm³/mol. The standard InChI is InChI=1S/C17H23ClN2O/c1-3-11(2)15-17(21)20(14-5-4-6-14)16(19-15)12-7-9-13(18)10-8-12/h7-11,14-16,19H,3-6H2,1-2H3. The summed E-state index contributed by atoms with van der Waals surface area (Å²) in [6.07, 6.45) is 4.50. The van der Waals surface area contributed by atoms with Gasteiger partial charge in [-0.1, -0.05) is 44.0 Å². The molecule has 2 aliphatic rings. The van der Waals surface area contributed by atoms with Crippen LogP contribution in [0.1, 0.15) is 51.3 Å². The topological polar surface area (TPSA) is 32.3 Å². The summed E-state index contributed by atoms with van der Waals surface area (Å²) < 4.78 is 0. The Morgan fingerprint density at radius 2 is 2.00 bits per heavy atom. The lowest BCUT2D eigenvalue weighted by atomic mass is 9.90. The smallest absolute Gasteiger partial charge is 0.241 e. The third-order valence-electron chi connectivity index (χ3n) is 5.00. The van der Waals surface area contributed by atoms with E-state index in [1.165, 1.54) is 6.42 Å². The Bertz CT molecular complexity index is 512. The van der Waals surface area contributed by atoms with Crippen LogP contribution in [0, 0.1) is 5.92 Å². The molecule has 114 valence electrons. The molecule has 3 nitrogen and oxygen atoms in total. The van der Waals surface area contributed by atoms with Gasteiger partial charge in [0.15, 0.2) is 0 Å². The van der Waals surface area contributed by atoms with E-state index in [-0.39, 0.29) is 18.1 Å². The highest BCUT2D eigenvalue weighted by Gasteiger charge is 2.45. The molecule has 21 heavy (non-hydrogen) atoms. The minimum Gasteiger partial charge on any atom is -0.319 e. The van der Waals surface area contributed by atoms with Crippen LogP contribution in [0.2, 0.25) is 5.02 Å². The van der Waals surface area contributed by atoms with E-state index < -0.39 is 0 Å². The molecular formula is C17H23ClN2O. The van der Waals surface area contributed by atoms with Crippen LogP contribution >= 0.6 is 11.6 Å². The lowest BCUT2D eigenvalue weighted by Gasteiger charge is -2.38. The number of amides is 1. The lowest BCUT2D eigenvalue weighted by molar-refractivity contribution is -0.134. The van der Waals surface area contributed by atoms with Crippen molar-refractivity contribution in [2.75, 3.05) is 0 Å². The van der Waals surface area contributed by atoms with E-state index in [0.717, 1.165) is 29.8 Å². The van der Waals surface area contributed by atoms with Crippen molar-refractivity contribution in [1.29, 1.82) is 0 Å². The van der Waals surface area contributed by atoms with Gasteiger partial charge in [0.2, 0.25) is 5.91 Å². The first-order chi connectivity index (χ1) is 10.1. The van der Waals surface area contributed by atoms with Gasteiger partial charge in [0, 0.05) is 11.1 Å². The molecule has 2 fully saturated rings. The summed E-state index contributed by atoms with van der Waals surface area (Å²) in [4.78, 5) is 14.9. The highest BCUT2D eigenvalue weighted by atomic mass is 35.5. The summed E-state index contributed by atoms with van der Waals surface area (Å²) in [7, 11) is 0. The average Bonchev–Trinajstić information content (AvgIpc) is 2.76. The molecule has 1 aliphatic carbocycles. The van der Waals surface area contributed by atoms with Crippen LogP contribution in [-0.2, 0) is 4.79 Å². The monoisotopic (exact) mass is 306 g/mol. The first-order valence-corrected chi connectivity index (χ1v) is 8.33. The molecule has 0 bridgehead atoms. The summed E-state index contributed by atoms with van der Waals surface area (Å²) in [5.41, 5.74) is 1.13. The molecular weight excluding hydrogens is 284 g/mol. The number of halogens is 1. The lowest BCUT2D eigenvalue weighted by Crippen LogP contribution is -2.44. The maximum Gasteiger partial charge on any atom is 0.241 e. The molecule has 0 radical (unpaired) electrons. The van der Waals surface area contributed by atoms with Gasteiger partial charge in [-0.3, -0.25) is 10.1 Å². The number of hydrogen-bond donors (Lipinski definition) is 1. The molecule has 3 unspecified atom stereocenters. The summed E-state index contributed by atoms with van der Waals surface area (Å²) in [6, 6.07) is 8.20. The third-order valence-corrected chi connectivity index (χ3v) is 5.25. The summed E-state index contributed by atoms with van der Waals surface area (Å²) >= 11 is 5.99. The largest absolute Gasteiger partial charge is 0.319 e. The Hall–Kier alpha value is -1.06. The number of rotatable bonds is 4. The zero-order valence-corrected chi connectivity index (χ0v) is 13.4. The Morgan fingerprint density at radius 1 is 1.33 bits per heavy atom. The first kappa shape index (κ1) is 14.9. The quantitative estimate of drug-likeness (QED) is 0.919. The third kappa shape index (κ3) is 2.69. The second-order valence-corrected chi connectivity index (χ2v) is 6.75. The van der Waals surface area contributed by atoms with Gasteiger partial charge in [0.05, 0.1) is 6.04 Å². The zero-order valence-electron chi connectivity index (χ0n) is 12.7. The van der Waals surface area contributed by atoms with E-state index in [1.807, 2.05) is 24.3 Å². The van der Waals surface area contributed by atoms with Gasteiger partial charge in [-0.2, -0.15) is 0 Å². The van der Waals surface area contributed by atoms with Crippen molar-refractivity contribution in [1.82, 2.24) is 10.2 Å². The maximum atomic E-state index is 12.8. The van der Waals surface area contributed by atoms with E-state index >= 15 is 0 Å². The van der Waals surface area contributed by atoms with Crippen molar-refractivity contribution in [3.8, 4) is 0 Å². The molecule has 1 amide bonds. The van der Waals surface area contributed by atoms with Crippen LogP contribution in [0.5, 0.6) is 0 Å². The number of nitrogens with one attached hydrogen (secondary N) is 1. The van der Waals surface area contributed by atoms with Gasteiger partial charge >= 0.3 is 0 Å². The SMILES string of the molecule is CCC(C)C1NC(c2ccc(Cl)cc2)N(C2CCC2)C1=O. The fraction of sp³-hybridized carbons (Fsp3) is 0.588. The molecule has 3 atom stereocenters. The molecule has 1 aromatic carbocycles. The van der Waals surface area contributed by atoms with Crippen molar-refractivity contribution < 1.29 is 4.79 Å². The molecule has 1 saturated carbocycles. The fourth-order valence-corrected chi connectivity index (χ4v) is 3.34. The van der Waals surface area contributed by atoms with Crippen LogP contribution in [0.4, 0.5) is 0 Å². The maximum absolute atomic E-state index is 12.8. The Balaban J connectivity index is 1.89. The van der Waals surface area contributed by atoms with Gasteiger partial charge in [0.25, 0.3) is 0 Å². The first-order valence-electron chi connectivity index (χ1n) is 7.95. The van der Waals surface area contributed by atoms with Crippen LogP contribution in [0.15, 0.2) is 24.3 Å². The molecule has 1 N–H and O–H groups in total. The van der Waals surface area contributed by atoms with Crippen molar-refractivity contribution in [2.24, 2.45) is 5.92 Å². The number of benzene rings is 1. The number of carbonyl (C=O) groups excluding carboxylic acids is 1. The van der Waals surface area contributed by atoms with Crippen molar-refractivity contribution in [3.63, 3.8) is 0 Å². The summed E-state index contributed by atoms with van der Waals surface area (Å²) in [5, 5.41) is 4.29. The minimum absolute atomic E-state index is 0.000864. The van der Waals surface area contributed by atoms with E-state index in [9.17, 15) is 4.79 Å². The molecule has 0 spiro atoms. The van der Waals surface area contributed by atoms with E-state index in [4.69, 9.17) is 11.6 Å². The number of nitrogens with zero attached hydrogens (tertiary/aromatic N) is 1. The van der Waals surface area contributed by atoms with Gasteiger partial charge < -0.3 is 4.90 Å². The second kappa shape index (κ2) is 5.98. The summed E-state index contributed by atoms with van der Waals surface area (Å²) in [5.74, 6) is 0.631. The van der Waals surface area contributed by atoms with Gasteiger partial charge in [-0.25, -0.2) is 0 Å². The van der Waals surface area contributed by atoms with E-state index in [1.54, 1.807) is 0 Å².